The standard InChI is InChI=1S/C13H18FNO3S/c1-2-18-11-7-9-15(10-8-11)19(16,17)13-6-4-3-5-12(13)14/h3-6,11H,2,7-10H2,1H3. The highest BCUT2D eigenvalue weighted by atomic mass is 32.2. The van der Waals surface area contributed by atoms with Gasteiger partial charge in [0.25, 0.3) is 0 Å². The average molecular weight is 287 g/mol. The van der Waals surface area contributed by atoms with Crippen LogP contribution in [0.3, 0.4) is 0 Å². The summed E-state index contributed by atoms with van der Waals surface area (Å²) in [4.78, 5) is -0.246. The van der Waals surface area contributed by atoms with Gasteiger partial charge in [-0.25, -0.2) is 12.8 Å². The van der Waals surface area contributed by atoms with Gasteiger partial charge in [-0.1, -0.05) is 12.1 Å². The molecule has 1 fully saturated rings. The summed E-state index contributed by atoms with van der Waals surface area (Å²) in [7, 11) is -3.73. The van der Waals surface area contributed by atoms with Gasteiger partial charge < -0.3 is 4.74 Å². The van der Waals surface area contributed by atoms with E-state index in [0.717, 1.165) is 0 Å². The maximum atomic E-state index is 13.6. The second-order valence-electron chi connectivity index (χ2n) is 4.49. The minimum atomic E-state index is -3.73. The van der Waals surface area contributed by atoms with Crippen LogP contribution in [0.5, 0.6) is 0 Å². The predicted octanol–water partition coefficient (Wildman–Crippen LogP) is 2.02. The van der Waals surface area contributed by atoms with Gasteiger partial charge in [0, 0.05) is 19.7 Å². The Morgan fingerprint density at radius 1 is 1.32 bits per heavy atom. The number of halogens is 1. The van der Waals surface area contributed by atoms with Crippen molar-refractivity contribution in [2.45, 2.75) is 30.8 Å². The maximum Gasteiger partial charge on any atom is 0.245 e. The van der Waals surface area contributed by atoms with Crippen molar-refractivity contribution in [2.24, 2.45) is 0 Å². The first-order valence-corrected chi connectivity index (χ1v) is 7.86. The monoisotopic (exact) mass is 287 g/mol. The highest BCUT2D eigenvalue weighted by Crippen LogP contribution is 2.23. The lowest BCUT2D eigenvalue weighted by Gasteiger charge is -2.31. The van der Waals surface area contributed by atoms with E-state index in [1.54, 1.807) is 0 Å². The molecule has 0 radical (unpaired) electrons. The van der Waals surface area contributed by atoms with Crippen LogP contribution in [0.15, 0.2) is 29.2 Å². The van der Waals surface area contributed by atoms with E-state index in [4.69, 9.17) is 4.74 Å². The molecule has 106 valence electrons. The normalized spacial score (nSPS) is 18.6. The van der Waals surface area contributed by atoms with Gasteiger partial charge in [-0.2, -0.15) is 4.31 Å². The van der Waals surface area contributed by atoms with Crippen molar-refractivity contribution in [1.29, 1.82) is 0 Å². The molecule has 1 aliphatic rings. The van der Waals surface area contributed by atoms with Crippen LogP contribution < -0.4 is 0 Å². The Labute approximate surface area is 113 Å². The van der Waals surface area contributed by atoms with E-state index in [1.807, 2.05) is 6.92 Å². The summed E-state index contributed by atoms with van der Waals surface area (Å²) in [5.41, 5.74) is 0. The zero-order chi connectivity index (χ0) is 13.9. The summed E-state index contributed by atoms with van der Waals surface area (Å²) < 4.78 is 45.1. The van der Waals surface area contributed by atoms with Gasteiger partial charge in [-0.3, -0.25) is 0 Å². The lowest BCUT2D eigenvalue weighted by atomic mass is 10.1. The van der Waals surface area contributed by atoms with Gasteiger partial charge in [-0.15, -0.1) is 0 Å². The SMILES string of the molecule is CCOC1CCN(S(=O)(=O)c2ccccc2F)CC1. The number of piperidine rings is 1. The molecule has 0 saturated carbocycles. The highest BCUT2D eigenvalue weighted by Gasteiger charge is 2.31. The molecule has 0 amide bonds. The van der Waals surface area contributed by atoms with Gasteiger partial charge >= 0.3 is 0 Å². The molecule has 0 spiro atoms. The molecule has 19 heavy (non-hydrogen) atoms. The number of sulfonamides is 1. The van der Waals surface area contributed by atoms with Gasteiger partial charge in [0.2, 0.25) is 10.0 Å². The summed E-state index contributed by atoms with van der Waals surface area (Å²) in [5.74, 6) is -0.700. The molecule has 0 unspecified atom stereocenters. The zero-order valence-electron chi connectivity index (χ0n) is 10.9. The predicted molar refractivity (Wildman–Crippen MR) is 69.8 cm³/mol. The molecule has 0 aliphatic carbocycles. The van der Waals surface area contributed by atoms with Crippen LogP contribution in [-0.4, -0.2) is 38.5 Å². The maximum absolute atomic E-state index is 13.6. The van der Waals surface area contributed by atoms with Crippen molar-refractivity contribution in [1.82, 2.24) is 4.31 Å². The second kappa shape index (κ2) is 5.98. The summed E-state index contributed by atoms with van der Waals surface area (Å²) in [5, 5.41) is 0. The van der Waals surface area contributed by atoms with Gasteiger partial charge in [0.15, 0.2) is 0 Å². The van der Waals surface area contributed by atoms with Gasteiger partial charge in [-0.05, 0) is 31.9 Å². The molecule has 2 rings (SSSR count). The van der Waals surface area contributed by atoms with Crippen molar-refractivity contribution in [3.8, 4) is 0 Å². The van der Waals surface area contributed by atoms with E-state index < -0.39 is 15.8 Å². The first kappa shape index (κ1) is 14.4. The van der Waals surface area contributed by atoms with Crippen molar-refractivity contribution >= 4 is 10.0 Å². The minimum Gasteiger partial charge on any atom is -0.378 e. The smallest absolute Gasteiger partial charge is 0.245 e. The fourth-order valence-corrected chi connectivity index (χ4v) is 3.80. The third-order valence-corrected chi connectivity index (χ3v) is 5.19. The lowest BCUT2D eigenvalue weighted by molar-refractivity contribution is 0.0290. The van der Waals surface area contributed by atoms with E-state index in [1.165, 1.54) is 28.6 Å². The lowest BCUT2D eigenvalue weighted by Crippen LogP contribution is -2.41. The van der Waals surface area contributed by atoms with Crippen LogP contribution in [0, 0.1) is 5.82 Å². The Morgan fingerprint density at radius 2 is 1.95 bits per heavy atom. The number of ether oxygens (including phenoxy) is 1. The molecule has 1 saturated heterocycles. The number of nitrogens with zero attached hydrogens (tertiary/aromatic N) is 1. The largest absolute Gasteiger partial charge is 0.378 e. The van der Waals surface area contributed by atoms with Crippen molar-refractivity contribution in [3.05, 3.63) is 30.1 Å². The molecule has 1 heterocycles. The second-order valence-corrected chi connectivity index (χ2v) is 6.40. The summed E-state index contributed by atoms with van der Waals surface area (Å²) in [6.07, 6.45) is 1.42. The van der Waals surface area contributed by atoms with E-state index in [9.17, 15) is 12.8 Å². The Hall–Kier alpha value is -0.980. The minimum absolute atomic E-state index is 0.108. The zero-order valence-corrected chi connectivity index (χ0v) is 11.7. The molecular weight excluding hydrogens is 269 g/mol. The number of rotatable bonds is 4. The molecule has 4 nitrogen and oxygen atoms in total. The summed E-state index contributed by atoms with van der Waals surface area (Å²) in [6, 6.07) is 5.48. The molecule has 0 N–H and O–H groups in total. The third kappa shape index (κ3) is 3.13. The molecule has 1 aromatic carbocycles. The van der Waals surface area contributed by atoms with Crippen LogP contribution in [0.25, 0.3) is 0 Å². The first-order chi connectivity index (χ1) is 9.05. The molecular formula is C13H18FNO3S. The Bertz CT molecular complexity index is 524. The highest BCUT2D eigenvalue weighted by molar-refractivity contribution is 7.89. The molecule has 1 aromatic rings. The van der Waals surface area contributed by atoms with E-state index in [-0.39, 0.29) is 11.0 Å². The van der Waals surface area contributed by atoms with Gasteiger partial charge in [0.05, 0.1) is 6.10 Å². The molecule has 0 atom stereocenters. The quantitative estimate of drug-likeness (QED) is 0.851. The molecule has 0 bridgehead atoms. The topological polar surface area (TPSA) is 46.6 Å². The Kier molecular flexibility index (Phi) is 4.54. The fraction of sp³-hybridized carbons (Fsp3) is 0.538. The van der Waals surface area contributed by atoms with Crippen molar-refractivity contribution < 1.29 is 17.5 Å². The molecule has 6 heteroatoms. The van der Waals surface area contributed by atoms with E-state index in [0.29, 0.717) is 32.5 Å². The summed E-state index contributed by atoms with van der Waals surface area (Å²) in [6.45, 7) is 3.30. The number of benzene rings is 1. The van der Waals surface area contributed by atoms with Crippen LogP contribution in [0.1, 0.15) is 19.8 Å². The van der Waals surface area contributed by atoms with Crippen LogP contribution >= 0.6 is 0 Å². The average Bonchev–Trinajstić information content (AvgIpc) is 2.40. The van der Waals surface area contributed by atoms with Crippen LogP contribution in [0.2, 0.25) is 0 Å². The van der Waals surface area contributed by atoms with Crippen LogP contribution in [0.4, 0.5) is 4.39 Å². The molecule has 1 aliphatic heterocycles. The Balaban J connectivity index is 2.12. The van der Waals surface area contributed by atoms with Crippen LogP contribution in [-0.2, 0) is 14.8 Å². The third-order valence-electron chi connectivity index (χ3n) is 3.26. The fourth-order valence-electron chi connectivity index (χ4n) is 2.27. The van der Waals surface area contributed by atoms with Crippen molar-refractivity contribution in [3.63, 3.8) is 0 Å². The number of hydrogen-bond donors (Lipinski definition) is 0. The number of hydrogen-bond acceptors (Lipinski definition) is 3. The van der Waals surface area contributed by atoms with Gasteiger partial charge in [0.1, 0.15) is 10.7 Å². The van der Waals surface area contributed by atoms with E-state index in [2.05, 4.69) is 0 Å². The first-order valence-electron chi connectivity index (χ1n) is 6.42. The summed E-state index contributed by atoms with van der Waals surface area (Å²) >= 11 is 0. The van der Waals surface area contributed by atoms with Crippen molar-refractivity contribution in [2.75, 3.05) is 19.7 Å². The Morgan fingerprint density at radius 3 is 2.53 bits per heavy atom. The van der Waals surface area contributed by atoms with E-state index >= 15 is 0 Å². The molecule has 0 aromatic heterocycles.